The molecule has 3 rings (SSSR count). The van der Waals surface area contributed by atoms with Crippen LogP contribution in [0.5, 0.6) is 0 Å². The maximum atomic E-state index is 12.4. The maximum Gasteiger partial charge on any atom is 0.318 e. The number of aromatic nitrogens is 1. The number of hydrogen-bond donors (Lipinski definition) is 2. The van der Waals surface area contributed by atoms with Crippen LogP contribution in [0.2, 0.25) is 5.02 Å². The van der Waals surface area contributed by atoms with Crippen molar-refractivity contribution in [2.45, 2.75) is 24.2 Å². The average Bonchev–Trinajstić information content (AvgIpc) is 2.63. The molecule has 134 valence electrons. The zero-order chi connectivity index (χ0) is 18.9. The smallest absolute Gasteiger partial charge is 0.318 e. The van der Waals surface area contributed by atoms with Gasteiger partial charge < -0.3 is 10.2 Å². The maximum absolute atomic E-state index is 12.4. The van der Waals surface area contributed by atoms with Crippen LogP contribution in [0.15, 0.2) is 60.9 Å². The molecule has 0 spiro atoms. The third-order valence-electron chi connectivity index (χ3n) is 5.48. The van der Waals surface area contributed by atoms with Crippen molar-refractivity contribution < 1.29 is 19.8 Å². The van der Waals surface area contributed by atoms with Gasteiger partial charge in [-0.15, -0.1) is 0 Å². The lowest BCUT2D eigenvalue weighted by Gasteiger charge is -2.46. The highest BCUT2D eigenvalue weighted by Gasteiger charge is 2.58. The number of carboxylic acid groups (broad SMARTS) is 2. The number of benzene rings is 1. The van der Waals surface area contributed by atoms with Crippen molar-refractivity contribution in [1.29, 1.82) is 0 Å². The van der Waals surface area contributed by atoms with Crippen molar-refractivity contribution in [1.82, 2.24) is 4.98 Å². The van der Waals surface area contributed by atoms with E-state index in [0.29, 0.717) is 16.1 Å². The van der Waals surface area contributed by atoms with Crippen LogP contribution in [-0.2, 0) is 20.4 Å². The molecule has 1 aromatic carbocycles. The van der Waals surface area contributed by atoms with Gasteiger partial charge in [0.1, 0.15) is 10.8 Å². The summed E-state index contributed by atoms with van der Waals surface area (Å²) in [5.74, 6) is -2.93. The summed E-state index contributed by atoms with van der Waals surface area (Å²) >= 11 is 5.95. The fourth-order valence-corrected chi connectivity index (χ4v) is 4.11. The molecular weight excluding hydrogens is 354 g/mol. The number of allylic oxidation sites excluding steroid dienone is 1. The normalized spacial score (nSPS) is 27.8. The molecule has 0 bridgehead atoms. The summed E-state index contributed by atoms with van der Waals surface area (Å²) in [7, 11) is 0. The molecule has 1 aliphatic rings. The molecule has 3 atom stereocenters. The Labute approximate surface area is 156 Å². The van der Waals surface area contributed by atoms with Crippen LogP contribution in [0.25, 0.3) is 0 Å². The van der Waals surface area contributed by atoms with Crippen LogP contribution in [0, 0.1) is 5.92 Å². The molecule has 1 aliphatic carbocycles. The number of aliphatic carboxylic acids is 2. The number of carboxylic acids is 2. The van der Waals surface area contributed by atoms with Crippen molar-refractivity contribution in [3.8, 4) is 0 Å². The van der Waals surface area contributed by atoms with Gasteiger partial charge in [-0.2, -0.15) is 0 Å². The molecule has 0 radical (unpaired) electrons. The predicted octanol–water partition coefficient (Wildman–Crippen LogP) is 3.68. The van der Waals surface area contributed by atoms with Crippen molar-refractivity contribution in [2.75, 3.05) is 0 Å². The first-order valence-electron chi connectivity index (χ1n) is 8.16. The second kappa shape index (κ2) is 6.57. The quantitative estimate of drug-likeness (QED) is 0.800. The van der Waals surface area contributed by atoms with E-state index in [0.717, 1.165) is 0 Å². The number of carbonyl (C=O) groups is 2. The first-order chi connectivity index (χ1) is 12.4. The number of hydrogen-bond acceptors (Lipinski definition) is 3. The molecule has 1 aromatic heterocycles. The second-order valence-corrected chi connectivity index (χ2v) is 6.96. The second-order valence-electron chi connectivity index (χ2n) is 6.53. The molecule has 26 heavy (non-hydrogen) atoms. The highest BCUT2D eigenvalue weighted by molar-refractivity contribution is 6.30. The highest BCUT2D eigenvalue weighted by Crippen LogP contribution is 2.51. The zero-order valence-corrected chi connectivity index (χ0v) is 14.8. The van der Waals surface area contributed by atoms with E-state index in [9.17, 15) is 19.8 Å². The minimum atomic E-state index is -1.50. The molecule has 0 saturated carbocycles. The Hall–Kier alpha value is -2.66. The van der Waals surface area contributed by atoms with Crippen molar-refractivity contribution in [3.63, 3.8) is 0 Å². The number of rotatable bonds is 4. The van der Waals surface area contributed by atoms with Crippen molar-refractivity contribution in [3.05, 3.63) is 77.1 Å². The van der Waals surface area contributed by atoms with Crippen molar-refractivity contribution >= 4 is 23.5 Å². The summed E-state index contributed by atoms with van der Waals surface area (Å²) in [6.07, 6.45) is 6.47. The lowest BCUT2D eigenvalue weighted by atomic mass is 9.54. The van der Waals surface area contributed by atoms with E-state index in [-0.39, 0.29) is 6.42 Å². The summed E-state index contributed by atoms with van der Waals surface area (Å²) in [5.41, 5.74) is -1.91. The van der Waals surface area contributed by atoms with Gasteiger partial charge in [0.05, 0.1) is 0 Å². The van der Waals surface area contributed by atoms with Gasteiger partial charge in [0, 0.05) is 23.3 Å². The van der Waals surface area contributed by atoms with E-state index in [1.54, 1.807) is 61.7 Å². The minimum Gasteiger partial charge on any atom is -0.481 e. The highest BCUT2D eigenvalue weighted by atomic mass is 35.5. The van der Waals surface area contributed by atoms with E-state index >= 15 is 0 Å². The number of pyridine rings is 1. The van der Waals surface area contributed by atoms with E-state index in [1.807, 2.05) is 0 Å². The molecule has 5 nitrogen and oxygen atoms in total. The Morgan fingerprint density at radius 2 is 1.81 bits per heavy atom. The van der Waals surface area contributed by atoms with Crippen LogP contribution in [-0.4, -0.2) is 27.1 Å². The van der Waals surface area contributed by atoms with Gasteiger partial charge in [0.25, 0.3) is 0 Å². The topological polar surface area (TPSA) is 87.5 Å². The monoisotopic (exact) mass is 371 g/mol. The summed E-state index contributed by atoms with van der Waals surface area (Å²) in [6.45, 7) is 1.67. The van der Waals surface area contributed by atoms with E-state index < -0.39 is 28.7 Å². The van der Waals surface area contributed by atoms with Crippen LogP contribution < -0.4 is 0 Å². The van der Waals surface area contributed by atoms with Gasteiger partial charge in [-0.25, -0.2) is 0 Å². The van der Waals surface area contributed by atoms with Gasteiger partial charge in [-0.3, -0.25) is 14.6 Å². The molecule has 0 aliphatic heterocycles. The fraction of sp³-hybridized carbons (Fsp3) is 0.250. The summed E-state index contributed by atoms with van der Waals surface area (Å²) < 4.78 is 0. The summed E-state index contributed by atoms with van der Waals surface area (Å²) in [5, 5.41) is 20.8. The van der Waals surface area contributed by atoms with Gasteiger partial charge in [-0.1, -0.05) is 48.9 Å². The van der Waals surface area contributed by atoms with Crippen LogP contribution in [0.3, 0.4) is 0 Å². The van der Waals surface area contributed by atoms with E-state index in [2.05, 4.69) is 4.98 Å². The molecule has 3 unspecified atom stereocenters. The minimum absolute atomic E-state index is 0.195. The first-order valence-corrected chi connectivity index (χ1v) is 8.54. The Kier molecular flexibility index (Phi) is 4.59. The third-order valence-corrected chi connectivity index (χ3v) is 5.73. The Bertz CT molecular complexity index is 865. The van der Waals surface area contributed by atoms with Gasteiger partial charge in [0.2, 0.25) is 0 Å². The standard InChI is InChI=1S/C20H18ClNO4/c1-13-19(17(23)24,14-5-7-16(21)8-6-14)9-3-10-20(13,18(25)26)15-4-2-11-22-12-15/h2-8,10-13H,9H2,1H3,(H,23,24)(H,25,26). The molecule has 1 heterocycles. The predicted molar refractivity (Wildman–Crippen MR) is 97.2 cm³/mol. The van der Waals surface area contributed by atoms with E-state index in [4.69, 9.17) is 11.6 Å². The molecular formula is C20H18ClNO4. The average molecular weight is 372 g/mol. The molecule has 2 N–H and O–H groups in total. The van der Waals surface area contributed by atoms with Crippen LogP contribution in [0.1, 0.15) is 24.5 Å². The number of nitrogens with zero attached hydrogens (tertiary/aromatic N) is 1. The number of halogens is 1. The molecule has 0 saturated heterocycles. The lowest BCUT2D eigenvalue weighted by Crippen LogP contribution is -2.55. The van der Waals surface area contributed by atoms with Crippen LogP contribution in [0.4, 0.5) is 0 Å². The molecule has 0 fully saturated rings. The summed E-state index contributed by atoms with van der Waals surface area (Å²) in [6, 6.07) is 9.88. The Morgan fingerprint density at radius 1 is 1.12 bits per heavy atom. The van der Waals surface area contributed by atoms with Gasteiger partial charge >= 0.3 is 11.9 Å². The largest absolute Gasteiger partial charge is 0.481 e. The lowest BCUT2D eigenvalue weighted by molar-refractivity contribution is -0.152. The third kappa shape index (κ3) is 2.51. The molecule has 6 heteroatoms. The SMILES string of the molecule is CC1C(C(=O)O)(c2cccnc2)C=CCC1(C(=O)O)c1ccc(Cl)cc1. The Morgan fingerprint density at radius 3 is 2.35 bits per heavy atom. The fourth-order valence-electron chi connectivity index (χ4n) is 3.99. The Balaban J connectivity index is 2.26. The van der Waals surface area contributed by atoms with Gasteiger partial charge in [0.15, 0.2) is 0 Å². The van der Waals surface area contributed by atoms with E-state index in [1.165, 1.54) is 6.20 Å². The molecule has 0 amide bonds. The molecule has 2 aromatic rings. The first kappa shape index (κ1) is 18.1. The van der Waals surface area contributed by atoms with Crippen LogP contribution >= 0.6 is 11.6 Å². The van der Waals surface area contributed by atoms with Crippen molar-refractivity contribution in [2.24, 2.45) is 5.92 Å². The summed E-state index contributed by atoms with van der Waals surface area (Å²) in [4.78, 5) is 28.9. The van der Waals surface area contributed by atoms with Gasteiger partial charge in [-0.05, 0) is 35.7 Å². The zero-order valence-electron chi connectivity index (χ0n) is 14.1.